The van der Waals surface area contributed by atoms with Crippen molar-refractivity contribution >= 4 is 11.9 Å². The van der Waals surface area contributed by atoms with Crippen LogP contribution in [0.25, 0.3) is 0 Å². The van der Waals surface area contributed by atoms with Crippen LogP contribution in [0.1, 0.15) is 40.5 Å². The maximum absolute atomic E-state index is 12.0. The standard InChI is InChI=1S/C12H15N5O4/c1-6(11-7(2)15-21-8(11)3)13-12(20)9-4-17(16-14-9)5-10(18)19/h4,6H,5H2,1-3H3,(H,13,20)(H,18,19). The molecule has 112 valence electrons. The average molecular weight is 293 g/mol. The van der Waals surface area contributed by atoms with Crippen LogP contribution in [-0.2, 0) is 11.3 Å². The molecule has 0 aromatic carbocycles. The zero-order chi connectivity index (χ0) is 15.6. The first-order valence-corrected chi connectivity index (χ1v) is 6.24. The Labute approximate surface area is 119 Å². The van der Waals surface area contributed by atoms with Crippen LogP contribution in [0.3, 0.4) is 0 Å². The van der Waals surface area contributed by atoms with E-state index in [1.54, 1.807) is 20.8 Å². The Balaban J connectivity index is 2.07. The zero-order valence-corrected chi connectivity index (χ0v) is 11.8. The minimum Gasteiger partial charge on any atom is -0.480 e. The van der Waals surface area contributed by atoms with Crippen molar-refractivity contribution in [3.05, 3.63) is 28.9 Å². The van der Waals surface area contributed by atoms with Crippen molar-refractivity contribution in [3.63, 3.8) is 0 Å². The van der Waals surface area contributed by atoms with Crippen LogP contribution in [-0.4, -0.2) is 37.1 Å². The van der Waals surface area contributed by atoms with E-state index in [0.717, 1.165) is 10.2 Å². The van der Waals surface area contributed by atoms with E-state index in [0.29, 0.717) is 11.5 Å². The molecular formula is C12H15N5O4. The summed E-state index contributed by atoms with van der Waals surface area (Å²) in [6.07, 6.45) is 1.28. The lowest BCUT2D eigenvalue weighted by molar-refractivity contribution is -0.137. The maximum Gasteiger partial charge on any atom is 0.325 e. The summed E-state index contributed by atoms with van der Waals surface area (Å²) in [5, 5.41) is 22.4. The van der Waals surface area contributed by atoms with Crippen molar-refractivity contribution in [3.8, 4) is 0 Å². The molecule has 0 saturated heterocycles. The van der Waals surface area contributed by atoms with E-state index in [9.17, 15) is 9.59 Å². The van der Waals surface area contributed by atoms with E-state index in [1.807, 2.05) is 0 Å². The van der Waals surface area contributed by atoms with Gasteiger partial charge in [0.1, 0.15) is 12.3 Å². The molecule has 0 fully saturated rings. The fraction of sp³-hybridized carbons (Fsp3) is 0.417. The Morgan fingerprint density at radius 2 is 2.19 bits per heavy atom. The number of hydrogen-bond donors (Lipinski definition) is 2. The second kappa shape index (κ2) is 5.73. The van der Waals surface area contributed by atoms with Gasteiger partial charge in [-0.05, 0) is 20.8 Å². The fourth-order valence-electron chi connectivity index (χ4n) is 2.07. The topological polar surface area (TPSA) is 123 Å². The molecule has 21 heavy (non-hydrogen) atoms. The van der Waals surface area contributed by atoms with Gasteiger partial charge in [-0.3, -0.25) is 9.59 Å². The Hall–Kier alpha value is -2.71. The largest absolute Gasteiger partial charge is 0.480 e. The van der Waals surface area contributed by atoms with Crippen LogP contribution < -0.4 is 5.32 Å². The number of aromatic nitrogens is 4. The van der Waals surface area contributed by atoms with Crippen LogP contribution in [0.5, 0.6) is 0 Å². The number of nitrogens with zero attached hydrogens (tertiary/aromatic N) is 4. The van der Waals surface area contributed by atoms with E-state index in [2.05, 4.69) is 20.8 Å². The van der Waals surface area contributed by atoms with E-state index in [4.69, 9.17) is 9.63 Å². The first-order chi connectivity index (χ1) is 9.88. The average Bonchev–Trinajstić information content (AvgIpc) is 2.96. The van der Waals surface area contributed by atoms with Gasteiger partial charge in [0.05, 0.1) is 17.9 Å². The van der Waals surface area contributed by atoms with Crippen LogP contribution in [0.4, 0.5) is 0 Å². The van der Waals surface area contributed by atoms with E-state index in [1.165, 1.54) is 6.20 Å². The number of amides is 1. The molecule has 2 heterocycles. The number of rotatable bonds is 5. The SMILES string of the molecule is Cc1noc(C)c1C(C)NC(=O)c1cn(CC(=O)O)nn1. The number of aliphatic carboxylic acids is 1. The Morgan fingerprint density at radius 1 is 1.48 bits per heavy atom. The first kappa shape index (κ1) is 14.7. The lowest BCUT2D eigenvalue weighted by Crippen LogP contribution is -2.27. The minimum absolute atomic E-state index is 0.0508. The van der Waals surface area contributed by atoms with Gasteiger partial charge in [-0.15, -0.1) is 5.10 Å². The van der Waals surface area contributed by atoms with Crippen LogP contribution in [0, 0.1) is 13.8 Å². The number of carbonyl (C=O) groups excluding carboxylic acids is 1. The van der Waals surface area contributed by atoms with Gasteiger partial charge < -0.3 is 14.9 Å². The van der Waals surface area contributed by atoms with Crippen LogP contribution in [0.15, 0.2) is 10.7 Å². The van der Waals surface area contributed by atoms with Crippen molar-refractivity contribution in [1.82, 2.24) is 25.5 Å². The fourth-order valence-corrected chi connectivity index (χ4v) is 2.07. The molecule has 1 atom stereocenters. The highest BCUT2D eigenvalue weighted by Gasteiger charge is 2.20. The van der Waals surface area contributed by atoms with Crippen LogP contribution in [0.2, 0.25) is 0 Å². The predicted molar refractivity (Wildman–Crippen MR) is 69.5 cm³/mol. The third-order valence-electron chi connectivity index (χ3n) is 2.94. The molecule has 0 aliphatic rings. The Bertz CT molecular complexity index is 655. The van der Waals surface area contributed by atoms with Crippen molar-refractivity contribution in [2.75, 3.05) is 0 Å². The van der Waals surface area contributed by atoms with Crippen molar-refractivity contribution in [2.45, 2.75) is 33.4 Å². The quantitative estimate of drug-likeness (QED) is 0.820. The number of carboxylic acid groups (broad SMARTS) is 1. The smallest absolute Gasteiger partial charge is 0.325 e. The maximum atomic E-state index is 12.0. The van der Waals surface area contributed by atoms with Crippen LogP contribution >= 0.6 is 0 Å². The number of carboxylic acids is 1. The second-order valence-electron chi connectivity index (χ2n) is 4.63. The summed E-state index contributed by atoms with van der Waals surface area (Å²) in [4.78, 5) is 22.6. The van der Waals surface area contributed by atoms with Gasteiger partial charge in [-0.1, -0.05) is 10.4 Å². The summed E-state index contributed by atoms with van der Waals surface area (Å²) in [5.41, 5.74) is 1.56. The molecule has 0 radical (unpaired) electrons. The van der Waals surface area contributed by atoms with Gasteiger partial charge in [0.25, 0.3) is 5.91 Å². The summed E-state index contributed by atoms with van der Waals surface area (Å²) in [7, 11) is 0. The lowest BCUT2D eigenvalue weighted by Gasteiger charge is -2.12. The molecule has 2 aromatic heterocycles. The van der Waals surface area contributed by atoms with E-state index >= 15 is 0 Å². The summed E-state index contributed by atoms with van der Waals surface area (Å²) in [6.45, 7) is 5.00. The number of hydrogen-bond acceptors (Lipinski definition) is 6. The second-order valence-corrected chi connectivity index (χ2v) is 4.63. The number of carbonyl (C=O) groups is 2. The van der Waals surface area contributed by atoms with Gasteiger partial charge in [0, 0.05) is 5.56 Å². The molecule has 0 aliphatic carbocycles. The predicted octanol–water partition coefficient (Wildman–Crippen LogP) is 0.459. The molecule has 2 N–H and O–H groups in total. The molecular weight excluding hydrogens is 278 g/mol. The van der Waals surface area contributed by atoms with Gasteiger partial charge in [0.2, 0.25) is 0 Å². The number of nitrogens with one attached hydrogen (secondary N) is 1. The Morgan fingerprint density at radius 3 is 2.76 bits per heavy atom. The molecule has 0 saturated carbocycles. The minimum atomic E-state index is -1.06. The summed E-state index contributed by atoms with van der Waals surface area (Å²) >= 11 is 0. The monoisotopic (exact) mass is 293 g/mol. The third-order valence-corrected chi connectivity index (χ3v) is 2.94. The normalized spacial score (nSPS) is 12.1. The van der Waals surface area contributed by atoms with E-state index in [-0.39, 0.29) is 18.3 Å². The summed E-state index contributed by atoms with van der Waals surface area (Å²) in [6, 6.07) is -0.312. The molecule has 9 nitrogen and oxygen atoms in total. The third kappa shape index (κ3) is 3.25. The molecule has 0 spiro atoms. The van der Waals surface area contributed by atoms with Crippen molar-refractivity contribution in [2.24, 2.45) is 0 Å². The Kier molecular flexibility index (Phi) is 4.01. The zero-order valence-electron chi connectivity index (χ0n) is 11.8. The molecule has 0 aliphatic heterocycles. The lowest BCUT2D eigenvalue weighted by atomic mass is 10.1. The van der Waals surface area contributed by atoms with Gasteiger partial charge in [0.15, 0.2) is 5.69 Å². The summed E-state index contributed by atoms with van der Waals surface area (Å²) in [5.74, 6) is -0.870. The molecule has 1 unspecified atom stereocenters. The van der Waals surface area contributed by atoms with Crippen molar-refractivity contribution in [1.29, 1.82) is 0 Å². The highest BCUT2D eigenvalue weighted by Crippen LogP contribution is 2.21. The molecule has 9 heteroatoms. The highest BCUT2D eigenvalue weighted by molar-refractivity contribution is 5.92. The number of aryl methyl sites for hydroxylation is 2. The first-order valence-electron chi connectivity index (χ1n) is 6.24. The van der Waals surface area contributed by atoms with Gasteiger partial charge in [-0.25, -0.2) is 4.68 Å². The molecule has 2 rings (SSSR count). The van der Waals surface area contributed by atoms with Gasteiger partial charge in [-0.2, -0.15) is 0 Å². The molecule has 0 bridgehead atoms. The van der Waals surface area contributed by atoms with Crippen molar-refractivity contribution < 1.29 is 19.2 Å². The van der Waals surface area contributed by atoms with E-state index < -0.39 is 11.9 Å². The van der Waals surface area contributed by atoms with Gasteiger partial charge >= 0.3 is 5.97 Å². The molecule has 1 amide bonds. The highest BCUT2D eigenvalue weighted by atomic mass is 16.5. The summed E-state index contributed by atoms with van der Waals surface area (Å²) < 4.78 is 6.13. The molecule has 2 aromatic rings.